The molecule has 3 atom stereocenters. The molecule has 1 aliphatic rings. The van der Waals surface area contributed by atoms with Gasteiger partial charge in [-0.1, -0.05) is 26.3 Å². The first-order valence-corrected chi connectivity index (χ1v) is 10.2. The van der Waals surface area contributed by atoms with Gasteiger partial charge in [-0.2, -0.15) is 4.31 Å². The predicted octanol–water partition coefficient (Wildman–Crippen LogP) is 0.293. The summed E-state index contributed by atoms with van der Waals surface area (Å²) in [4.78, 5) is 28.6. The van der Waals surface area contributed by atoms with Crippen molar-refractivity contribution < 1.29 is 18.0 Å². The maximum atomic E-state index is 12.7. The summed E-state index contributed by atoms with van der Waals surface area (Å²) in [7, 11) is -3.84. The van der Waals surface area contributed by atoms with Crippen molar-refractivity contribution in [3.05, 3.63) is 24.4 Å². The van der Waals surface area contributed by atoms with E-state index in [1.54, 1.807) is 12.1 Å². The number of carbonyl (C=O) groups is 2. The number of rotatable bonds is 6. The molecule has 1 aliphatic heterocycles. The second-order valence-corrected chi connectivity index (χ2v) is 8.47. The third-order valence-corrected chi connectivity index (χ3v) is 6.50. The number of carbonyl (C=O) groups excluding carboxylic acids is 2. The summed E-state index contributed by atoms with van der Waals surface area (Å²) in [5, 5.41) is 2.60. The number of hydrogen-bond acceptors (Lipinski definition) is 6. The fraction of sp³-hybridized carbons (Fsp3) is 0.588. The fourth-order valence-electron chi connectivity index (χ4n) is 2.77. The van der Waals surface area contributed by atoms with Gasteiger partial charge in [0.05, 0.1) is 18.6 Å². The Labute approximate surface area is 154 Å². The van der Waals surface area contributed by atoms with Crippen molar-refractivity contribution in [3.63, 3.8) is 0 Å². The molecule has 144 valence electrons. The quantitative estimate of drug-likeness (QED) is 0.729. The molecule has 1 fully saturated rings. The minimum atomic E-state index is -3.84. The van der Waals surface area contributed by atoms with E-state index in [9.17, 15) is 18.0 Å². The van der Waals surface area contributed by atoms with Gasteiger partial charge in [-0.15, -0.1) is 0 Å². The molecule has 0 aliphatic carbocycles. The van der Waals surface area contributed by atoms with Crippen LogP contribution in [0.15, 0.2) is 29.4 Å². The van der Waals surface area contributed by atoms with Crippen LogP contribution in [0.5, 0.6) is 0 Å². The first-order chi connectivity index (χ1) is 12.3. The van der Waals surface area contributed by atoms with Crippen LogP contribution in [-0.4, -0.2) is 54.6 Å². The topological polar surface area (TPSA) is 122 Å². The molecular weight excluding hydrogens is 356 g/mol. The van der Waals surface area contributed by atoms with Crippen LogP contribution in [0.1, 0.15) is 33.1 Å². The maximum absolute atomic E-state index is 12.7. The van der Waals surface area contributed by atoms with Gasteiger partial charge in [-0.05, 0) is 30.9 Å². The van der Waals surface area contributed by atoms with Crippen molar-refractivity contribution in [3.8, 4) is 0 Å². The molecule has 1 aromatic heterocycles. The summed E-state index contributed by atoms with van der Waals surface area (Å²) in [5.74, 6) is -0.720. The summed E-state index contributed by atoms with van der Waals surface area (Å²) in [6, 6.07) is 3.19. The van der Waals surface area contributed by atoms with Gasteiger partial charge in [0.2, 0.25) is 5.91 Å². The van der Waals surface area contributed by atoms with Gasteiger partial charge < -0.3 is 11.1 Å². The highest BCUT2D eigenvalue weighted by atomic mass is 32.2. The van der Waals surface area contributed by atoms with Gasteiger partial charge in [0.25, 0.3) is 10.0 Å². The Morgan fingerprint density at radius 2 is 2.19 bits per heavy atom. The molecule has 0 spiro atoms. The second kappa shape index (κ2) is 8.70. The first-order valence-electron chi connectivity index (χ1n) is 8.77. The van der Waals surface area contributed by atoms with E-state index in [0.29, 0.717) is 12.8 Å². The number of amides is 1. The molecule has 2 heterocycles. The molecule has 1 amide bonds. The number of nitrogens with two attached hydrogens (primary N) is 1. The summed E-state index contributed by atoms with van der Waals surface area (Å²) >= 11 is 0. The molecule has 0 bridgehead atoms. The van der Waals surface area contributed by atoms with Gasteiger partial charge in [0.1, 0.15) is 0 Å². The summed E-state index contributed by atoms with van der Waals surface area (Å²) < 4.78 is 26.4. The highest BCUT2D eigenvalue weighted by Crippen LogP contribution is 2.18. The number of hydrogen-bond donors (Lipinski definition) is 2. The highest BCUT2D eigenvalue weighted by Gasteiger charge is 2.34. The number of sulfonamides is 1. The van der Waals surface area contributed by atoms with Crippen LogP contribution in [0.3, 0.4) is 0 Å². The Balaban J connectivity index is 2.08. The van der Waals surface area contributed by atoms with Crippen LogP contribution in [0.2, 0.25) is 0 Å². The lowest BCUT2D eigenvalue weighted by Gasteiger charge is -2.22. The van der Waals surface area contributed by atoms with E-state index in [1.807, 2.05) is 13.8 Å². The number of ketones is 1. The van der Waals surface area contributed by atoms with E-state index < -0.39 is 22.1 Å². The van der Waals surface area contributed by atoms with Crippen molar-refractivity contribution >= 4 is 21.7 Å². The van der Waals surface area contributed by atoms with Crippen LogP contribution in [-0.2, 0) is 19.6 Å². The van der Waals surface area contributed by atoms with E-state index in [4.69, 9.17) is 5.73 Å². The molecule has 2 rings (SSSR count). The fourth-order valence-corrected chi connectivity index (χ4v) is 4.14. The van der Waals surface area contributed by atoms with Crippen LogP contribution in [0.25, 0.3) is 0 Å². The SMILES string of the molecule is CC[C@@H](C)[C@H](N)C(=O)N[C@H]1CCCN(S(=O)(=O)c2ccccn2)CC1=O. The minimum absolute atomic E-state index is 0.00286. The molecular formula is C17H26N4O4S. The molecule has 0 radical (unpaired) electrons. The molecule has 1 saturated heterocycles. The largest absolute Gasteiger partial charge is 0.345 e. The lowest BCUT2D eigenvalue weighted by Crippen LogP contribution is -2.51. The van der Waals surface area contributed by atoms with E-state index in [1.165, 1.54) is 12.3 Å². The van der Waals surface area contributed by atoms with Crippen LogP contribution in [0.4, 0.5) is 0 Å². The average molecular weight is 382 g/mol. The lowest BCUT2D eigenvalue weighted by atomic mass is 9.98. The molecule has 0 saturated carbocycles. The molecule has 26 heavy (non-hydrogen) atoms. The predicted molar refractivity (Wildman–Crippen MR) is 96.6 cm³/mol. The smallest absolute Gasteiger partial charge is 0.260 e. The summed E-state index contributed by atoms with van der Waals surface area (Å²) in [6.07, 6.45) is 2.99. The van der Waals surface area contributed by atoms with Gasteiger partial charge in [-0.25, -0.2) is 13.4 Å². The van der Waals surface area contributed by atoms with Crippen molar-refractivity contribution in [2.24, 2.45) is 11.7 Å². The van der Waals surface area contributed by atoms with Gasteiger partial charge in [-0.3, -0.25) is 9.59 Å². The third kappa shape index (κ3) is 4.66. The molecule has 8 nitrogen and oxygen atoms in total. The Hall–Kier alpha value is -1.84. The Kier molecular flexibility index (Phi) is 6.85. The number of aromatic nitrogens is 1. The number of nitrogens with one attached hydrogen (secondary N) is 1. The summed E-state index contributed by atoms with van der Waals surface area (Å²) in [5.41, 5.74) is 5.91. The average Bonchev–Trinajstić information content (AvgIpc) is 2.83. The van der Waals surface area contributed by atoms with Crippen LogP contribution in [0, 0.1) is 5.92 Å². The van der Waals surface area contributed by atoms with E-state index in [-0.39, 0.29) is 35.7 Å². The second-order valence-electron chi connectivity index (χ2n) is 6.59. The molecule has 3 N–H and O–H groups in total. The van der Waals surface area contributed by atoms with E-state index in [2.05, 4.69) is 10.3 Å². The lowest BCUT2D eigenvalue weighted by molar-refractivity contribution is -0.129. The van der Waals surface area contributed by atoms with Crippen molar-refractivity contribution in [1.82, 2.24) is 14.6 Å². The van der Waals surface area contributed by atoms with Crippen molar-refractivity contribution in [2.75, 3.05) is 13.1 Å². The van der Waals surface area contributed by atoms with Gasteiger partial charge >= 0.3 is 0 Å². The van der Waals surface area contributed by atoms with Gasteiger partial charge in [0.15, 0.2) is 10.8 Å². The monoisotopic (exact) mass is 382 g/mol. The normalized spacial score (nSPS) is 21.7. The molecule has 0 aromatic carbocycles. The Morgan fingerprint density at radius 1 is 1.46 bits per heavy atom. The third-order valence-electron chi connectivity index (χ3n) is 4.74. The van der Waals surface area contributed by atoms with Crippen LogP contribution >= 0.6 is 0 Å². The minimum Gasteiger partial charge on any atom is -0.345 e. The number of nitrogens with zero attached hydrogens (tertiary/aromatic N) is 2. The number of Topliss-reactive ketones (excluding diaryl/α,β-unsaturated/α-hetero) is 1. The Bertz CT molecular complexity index is 738. The summed E-state index contributed by atoms with van der Waals surface area (Å²) in [6.45, 7) is 3.73. The Morgan fingerprint density at radius 3 is 2.81 bits per heavy atom. The number of pyridine rings is 1. The van der Waals surface area contributed by atoms with E-state index >= 15 is 0 Å². The molecule has 1 aromatic rings. The maximum Gasteiger partial charge on any atom is 0.260 e. The zero-order chi connectivity index (χ0) is 19.3. The van der Waals surface area contributed by atoms with Crippen molar-refractivity contribution in [2.45, 2.75) is 50.2 Å². The molecule has 9 heteroatoms. The zero-order valence-electron chi connectivity index (χ0n) is 15.1. The standard InChI is InChI=1S/C17H26N4O4S/c1-3-12(2)16(18)17(23)20-13-7-6-10-21(11-14(13)22)26(24,25)15-8-4-5-9-19-15/h4-5,8-9,12-13,16H,3,6-7,10-11,18H2,1-2H3,(H,20,23)/t12-,13+,16+/m1/s1. The highest BCUT2D eigenvalue weighted by molar-refractivity contribution is 7.89. The first kappa shape index (κ1) is 20.5. The van der Waals surface area contributed by atoms with Crippen molar-refractivity contribution in [1.29, 1.82) is 0 Å². The van der Waals surface area contributed by atoms with Gasteiger partial charge in [0, 0.05) is 12.7 Å². The van der Waals surface area contributed by atoms with E-state index in [0.717, 1.165) is 10.7 Å². The zero-order valence-corrected chi connectivity index (χ0v) is 15.9. The molecule has 0 unspecified atom stereocenters. The van der Waals surface area contributed by atoms with Crippen LogP contribution < -0.4 is 11.1 Å².